The molecular weight excluding hydrogens is 320 g/mol. The number of carbonyl (C=O) groups excluding carboxylic acids is 1. The molecule has 0 fully saturated rings. The Balaban J connectivity index is 1.50. The molecule has 1 amide bonds. The van der Waals surface area contributed by atoms with Crippen molar-refractivity contribution in [2.45, 2.75) is 38.6 Å². The molecule has 1 aliphatic carbocycles. The van der Waals surface area contributed by atoms with Gasteiger partial charge < -0.3 is 4.90 Å². The SMILES string of the molecule is O=C(c1n[nH]c2c1CCCC2)N1CCc2nc3cc[nH]n3c(=O)c2C1. The summed E-state index contributed by atoms with van der Waals surface area (Å²) in [7, 11) is 0. The molecule has 3 aromatic heterocycles. The largest absolute Gasteiger partial charge is 0.332 e. The van der Waals surface area contributed by atoms with Gasteiger partial charge in [0.2, 0.25) is 0 Å². The van der Waals surface area contributed by atoms with Crippen molar-refractivity contribution in [1.29, 1.82) is 0 Å². The smallest absolute Gasteiger partial charge is 0.277 e. The van der Waals surface area contributed by atoms with Crippen LogP contribution in [0.4, 0.5) is 0 Å². The molecular formula is C17H18N6O2. The minimum atomic E-state index is -0.133. The zero-order chi connectivity index (χ0) is 17.0. The van der Waals surface area contributed by atoms with E-state index in [1.165, 1.54) is 4.52 Å². The van der Waals surface area contributed by atoms with E-state index in [1.54, 1.807) is 17.2 Å². The summed E-state index contributed by atoms with van der Waals surface area (Å²) in [5, 5.41) is 10.2. The predicted octanol–water partition coefficient (Wildman–Crippen LogP) is 0.823. The number of fused-ring (bicyclic) bond motifs is 3. The molecule has 8 heteroatoms. The van der Waals surface area contributed by atoms with Gasteiger partial charge in [0.05, 0.1) is 17.8 Å². The summed E-state index contributed by atoms with van der Waals surface area (Å²) in [6.45, 7) is 0.837. The number of nitrogens with zero attached hydrogens (tertiary/aromatic N) is 4. The van der Waals surface area contributed by atoms with E-state index >= 15 is 0 Å². The zero-order valence-corrected chi connectivity index (χ0v) is 13.7. The van der Waals surface area contributed by atoms with Gasteiger partial charge in [0, 0.05) is 36.5 Å². The number of aromatic nitrogens is 5. The van der Waals surface area contributed by atoms with E-state index in [0.717, 1.165) is 42.6 Å². The number of nitrogens with one attached hydrogen (secondary N) is 2. The summed E-state index contributed by atoms with van der Waals surface area (Å²) in [5.74, 6) is -0.0963. The molecule has 0 atom stereocenters. The molecule has 0 aromatic carbocycles. The Kier molecular flexibility index (Phi) is 3.06. The lowest BCUT2D eigenvalue weighted by atomic mass is 9.95. The highest BCUT2D eigenvalue weighted by Crippen LogP contribution is 2.24. The van der Waals surface area contributed by atoms with Gasteiger partial charge in [0.15, 0.2) is 11.3 Å². The van der Waals surface area contributed by atoms with Crippen LogP contribution >= 0.6 is 0 Å². The Morgan fingerprint density at radius 1 is 1.16 bits per heavy atom. The fourth-order valence-corrected chi connectivity index (χ4v) is 3.90. The number of amides is 1. The average Bonchev–Trinajstić information content (AvgIpc) is 3.28. The van der Waals surface area contributed by atoms with Crippen molar-refractivity contribution in [1.82, 2.24) is 29.7 Å². The van der Waals surface area contributed by atoms with Gasteiger partial charge in [-0.15, -0.1) is 0 Å². The van der Waals surface area contributed by atoms with E-state index in [2.05, 4.69) is 20.3 Å². The molecule has 2 aliphatic rings. The first-order valence-electron chi connectivity index (χ1n) is 8.65. The molecule has 0 bridgehead atoms. The third-order valence-electron chi connectivity index (χ3n) is 5.24. The van der Waals surface area contributed by atoms with Crippen LogP contribution in [0.5, 0.6) is 0 Å². The van der Waals surface area contributed by atoms with Crippen molar-refractivity contribution in [3.63, 3.8) is 0 Å². The third-order valence-corrected chi connectivity index (χ3v) is 5.24. The third kappa shape index (κ3) is 2.13. The van der Waals surface area contributed by atoms with E-state index in [9.17, 15) is 9.59 Å². The van der Waals surface area contributed by atoms with Crippen molar-refractivity contribution >= 4 is 11.6 Å². The van der Waals surface area contributed by atoms with Crippen LogP contribution in [0.2, 0.25) is 0 Å². The first-order chi connectivity index (χ1) is 12.2. The van der Waals surface area contributed by atoms with Crippen molar-refractivity contribution in [2.75, 3.05) is 6.54 Å². The van der Waals surface area contributed by atoms with E-state index in [1.807, 2.05) is 0 Å². The molecule has 4 heterocycles. The molecule has 0 radical (unpaired) electrons. The van der Waals surface area contributed by atoms with Crippen molar-refractivity contribution < 1.29 is 4.79 Å². The van der Waals surface area contributed by atoms with Gasteiger partial charge in [-0.1, -0.05) is 0 Å². The standard InChI is InChI=1S/C17H18N6O2/c24-16-11-9-22(8-6-12(11)19-14-5-7-18-23(14)16)17(25)15-10-3-1-2-4-13(10)20-21-15/h5,7,18H,1-4,6,8-9H2,(H,20,21). The fraction of sp³-hybridized carbons (Fsp3) is 0.412. The fourth-order valence-electron chi connectivity index (χ4n) is 3.90. The second-order valence-electron chi connectivity index (χ2n) is 6.71. The van der Waals surface area contributed by atoms with E-state index < -0.39 is 0 Å². The molecule has 1 aliphatic heterocycles. The molecule has 0 spiro atoms. The lowest BCUT2D eigenvalue weighted by Crippen LogP contribution is -2.40. The van der Waals surface area contributed by atoms with Crippen LogP contribution in [0, 0.1) is 0 Å². The molecule has 8 nitrogen and oxygen atoms in total. The number of aromatic amines is 2. The first-order valence-corrected chi connectivity index (χ1v) is 8.65. The van der Waals surface area contributed by atoms with Gasteiger partial charge in [-0.05, 0) is 25.7 Å². The zero-order valence-electron chi connectivity index (χ0n) is 13.7. The maximum absolute atomic E-state index is 13.0. The maximum Gasteiger partial charge on any atom is 0.277 e. The number of hydrogen-bond acceptors (Lipinski definition) is 4. The van der Waals surface area contributed by atoms with Crippen molar-refractivity contribution in [3.05, 3.63) is 50.8 Å². The van der Waals surface area contributed by atoms with Crippen LogP contribution in [0.15, 0.2) is 17.1 Å². The van der Waals surface area contributed by atoms with Crippen LogP contribution < -0.4 is 5.56 Å². The summed E-state index contributed by atoms with van der Waals surface area (Å²) in [5.41, 5.74) is 4.52. The lowest BCUT2D eigenvalue weighted by Gasteiger charge is -2.27. The number of rotatable bonds is 1. The average molecular weight is 338 g/mol. The van der Waals surface area contributed by atoms with Gasteiger partial charge >= 0.3 is 0 Å². The molecule has 128 valence electrons. The summed E-state index contributed by atoms with van der Waals surface area (Å²) in [6, 6.07) is 1.77. The van der Waals surface area contributed by atoms with Gasteiger partial charge in [-0.2, -0.15) is 5.10 Å². The highest BCUT2D eigenvalue weighted by Gasteiger charge is 2.30. The Labute approximate surface area is 142 Å². The second kappa shape index (κ2) is 5.30. The molecule has 5 rings (SSSR count). The Hall–Kier alpha value is -2.90. The normalized spacial score (nSPS) is 16.7. The number of H-pyrrole nitrogens is 2. The van der Waals surface area contributed by atoms with Crippen molar-refractivity contribution in [3.8, 4) is 0 Å². The van der Waals surface area contributed by atoms with Crippen LogP contribution in [0.25, 0.3) is 5.65 Å². The summed E-state index contributed by atoms with van der Waals surface area (Å²) >= 11 is 0. The topological polar surface area (TPSA) is 99.2 Å². The van der Waals surface area contributed by atoms with Gasteiger partial charge in [-0.25, -0.2) is 9.50 Å². The number of hydrogen-bond donors (Lipinski definition) is 2. The van der Waals surface area contributed by atoms with Crippen LogP contribution in [-0.2, 0) is 25.8 Å². The van der Waals surface area contributed by atoms with Gasteiger partial charge in [0.25, 0.3) is 11.5 Å². The van der Waals surface area contributed by atoms with E-state index in [-0.39, 0.29) is 18.0 Å². The Morgan fingerprint density at radius 2 is 2.04 bits per heavy atom. The molecule has 25 heavy (non-hydrogen) atoms. The van der Waals surface area contributed by atoms with Crippen LogP contribution in [-0.4, -0.2) is 42.1 Å². The van der Waals surface area contributed by atoms with E-state index in [0.29, 0.717) is 29.9 Å². The lowest BCUT2D eigenvalue weighted by molar-refractivity contribution is 0.0725. The quantitative estimate of drug-likeness (QED) is 0.686. The van der Waals surface area contributed by atoms with Crippen LogP contribution in [0.3, 0.4) is 0 Å². The Bertz CT molecular complexity index is 1040. The number of aryl methyl sites for hydroxylation is 1. The van der Waals surface area contributed by atoms with Gasteiger partial charge in [-0.3, -0.25) is 19.8 Å². The van der Waals surface area contributed by atoms with Crippen LogP contribution in [0.1, 0.15) is 45.8 Å². The highest BCUT2D eigenvalue weighted by molar-refractivity contribution is 5.94. The summed E-state index contributed by atoms with van der Waals surface area (Å²) in [6.07, 6.45) is 6.35. The summed E-state index contributed by atoms with van der Waals surface area (Å²) < 4.78 is 1.42. The predicted molar refractivity (Wildman–Crippen MR) is 89.5 cm³/mol. The molecule has 0 saturated carbocycles. The van der Waals surface area contributed by atoms with Gasteiger partial charge in [0.1, 0.15) is 0 Å². The molecule has 2 N–H and O–H groups in total. The molecule has 0 unspecified atom stereocenters. The minimum absolute atomic E-state index is 0.0963. The second-order valence-corrected chi connectivity index (χ2v) is 6.71. The van der Waals surface area contributed by atoms with Crippen molar-refractivity contribution in [2.24, 2.45) is 0 Å². The monoisotopic (exact) mass is 338 g/mol. The summed E-state index contributed by atoms with van der Waals surface area (Å²) in [4.78, 5) is 31.9. The minimum Gasteiger partial charge on any atom is -0.332 e. The first kappa shape index (κ1) is 14.4. The maximum atomic E-state index is 13.0. The number of carbonyl (C=O) groups is 1. The van der Waals surface area contributed by atoms with E-state index in [4.69, 9.17) is 0 Å². The molecule has 3 aromatic rings. The molecule has 0 saturated heterocycles. The highest BCUT2D eigenvalue weighted by atomic mass is 16.2. The Morgan fingerprint density at radius 3 is 2.96 bits per heavy atom.